The average molecular weight is 171 g/mol. The molecule has 0 spiro atoms. The van der Waals surface area contributed by atoms with Gasteiger partial charge < -0.3 is 10.8 Å². The Bertz CT molecular complexity index is 201. The van der Waals surface area contributed by atoms with Crippen LogP contribution in [-0.2, 0) is 4.79 Å². The Morgan fingerprint density at radius 1 is 1.33 bits per heavy atom. The van der Waals surface area contributed by atoms with Crippen molar-refractivity contribution in [3.05, 3.63) is 0 Å². The second-order valence-electron chi connectivity index (χ2n) is 4.37. The van der Waals surface area contributed by atoms with Gasteiger partial charge in [-0.25, -0.2) is 0 Å². The van der Waals surface area contributed by atoms with Gasteiger partial charge in [-0.1, -0.05) is 26.7 Å². The maximum absolute atomic E-state index is 11.0. The van der Waals surface area contributed by atoms with Gasteiger partial charge in [-0.3, -0.25) is 4.79 Å². The maximum Gasteiger partial charge on any atom is 0.324 e. The maximum atomic E-state index is 11.0. The van der Waals surface area contributed by atoms with E-state index in [1.807, 2.05) is 13.8 Å². The first-order chi connectivity index (χ1) is 5.40. The summed E-state index contributed by atoms with van der Waals surface area (Å²) in [6, 6.07) is 0. The van der Waals surface area contributed by atoms with E-state index in [9.17, 15) is 4.79 Å². The number of hydrogen-bond acceptors (Lipinski definition) is 2. The van der Waals surface area contributed by atoms with Gasteiger partial charge in [-0.2, -0.15) is 0 Å². The van der Waals surface area contributed by atoms with E-state index < -0.39 is 11.5 Å². The zero-order valence-electron chi connectivity index (χ0n) is 7.76. The smallest absolute Gasteiger partial charge is 0.324 e. The lowest BCUT2D eigenvalue weighted by Crippen LogP contribution is -2.60. The van der Waals surface area contributed by atoms with Crippen LogP contribution in [-0.4, -0.2) is 16.6 Å². The monoisotopic (exact) mass is 171 g/mol. The van der Waals surface area contributed by atoms with Crippen molar-refractivity contribution in [1.82, 2.24) is 0 Å². The first-order valence-corrected chi connectivity index (χ1v) is 4.42. The molecule has 0 bridgehead atoms. The number of carbonyl (C=O) groups is 1. The van der Waals surface area contributed by atoms with E-state index in [1.165, 1.54) is 0 Å². The first-order valence-electron chi connectivity index (χ1n) is 4.42. The minimum atomic E-state index is -1.01. The third kappa shape index (κ3) is 1.22. The number of rotatable bonds is 1. The van der Waals surface area contributed by atoms with Crippen molar-refractivity contribution in [3.63, 3.8) is 0 Å². The molecule has 0 amide bonds. The number of carboxylic acids is 1. The van der Waals surface area contributed by atoms with Crippen molar-refractivity contribution in [2.24, 2.45) is 11.1 Å². The van der Waals surface area contributed by atoms with Crippen LogP contribution in [0.5, 0.6) is 0 Å². The third-order valence-electron chi connectivity index (χ3n) is 3.21. The summed E-state index contributed by atoms with van der Waals surface area (Å²) in [6.07, 6.45) is 3.55. The normalized spacial score (nSPS) is 34.6. The highest BCUT2D eigenvalue weighted by molar-refractivity contribution is 5.79. The second kappa shape index (κ2) is 2.73. The van der Waals surface area contributed by atoms with E-state index in [0.717, 1.165) is 19.3 Å². The highest BCUT2D eigenvalue weighted by Crippen LogP contribution is 2.42. The van der Waals surface area contributed by atoms with E-state index >= 15 is 0 Å². The predicted molar refractivity (Wildman–Crippen MR) is 46.8 cm³/mol. The van der Waals surface area contributed by atoms with Crippen LogP contribution < -0.4 is 5.73 Å². The number of hydrogen-bond donors (Lipinski definition) is 2. The van der Waals surface area contributed by atoms with Crippen molar-refractivity contribution in [3.8, 4) is 0 Å². The molecule has 1 saturated carbocycles. The lowest BCUT2D eigenvalue weighted by atomic mass is 9.64. The van der Waals surface area contributed by atoms with Crippen LogP contribution >= 0.6 is 0 Å². The van der Waals surface area contributed by atoms with Crippen LogP contribution in [0.25, 0.3) is 0 Å². The van der Waals surface area contributed by atoms with E-state index in [1.54, 1.807) is 0 Å². The molecule has 70 valence electrons. The molecule has 0 aromatic heterocycles. The first kappa shape index (κ1) is 9.52. The zero-order valence-corrected chi connectivity index (χ0v) is 7.76. The minimum absolute atomic E-state index is 0.267. The summed E-state index contributed by atoms with van der Waals surface area (Å²) in [5, 5.41) is 9.01. The fourth-order valence-electron chi connectivity index (χ4n) is 1.93. The topological polar surface area (TPSA) is 63.3 Å². The lowest BCUT2D eigenvalue weighted by molar-refractivity contribution is -0.150. The highest BCUT2D eigenvalue weighted by atomic mass is 16.4. The quantitative estimate of drug-likeness (QED) is 0.626. The van der Waals surface area contributed by atoms with Gasteiger partial charge >= 0.3 is 5.97 Å². The molecule has 1 unspecified atom stereocenters. The largest absolute Gasteiger partial charge is 0.480 e. The van der Waals surface area contributed by atoms with Gasteiger partial charge in [0.15, 0.2) is 0 Å². The number of nitrogens with two attached hydrogens (primary N) is 1. The molecule has 1 rings (SSSR count). The molecule has 0 saturated heterocycles. The van der Waals surface area contributed by atoms with Crippen molar-refractivity contribution >= 4 is 5.97 Å². The fourth-order valence-corrected chi connectivity index (χ4v) is 1.93. The average Bonchev–Trinajstić information content (AvgIpc) is 1.95. The fraction of sp³-hybridized carbons (Fsp3) is 0.889. The molecule has 0 aromatic carbocycles. The Balaban J connectivity index is 2.91. The molecule has 0 aromatic rings. The van der Waals surface area contributed by atoms with Crippen molar-refractivity contribution in [1.29, 1.82) is 0 Å². The summed E-state index contributed by atoms with van der Waals surface area (Å²) in [7, 11) is 0. The Labute approximate surface area is 72.9 Å². The van der Waals surface area contributed by atoms with Crippen LogP contribution in [0.15, 0.2) is 0 Å². The van der Waals surface area contributed by atoms with Gasteiger partial charge in [0.05, 0.1) is 0 Å². The van der Waals surface area contributed by atoms with Crippen LogP contribution in [0.1, 0.15) is 39.5 Å². The Morgan fingerprint density at radius 3 is 2.17 bits per heavy atom. The summed E-state index contributed by atoms with van der Waals surface area (Å²) in [5.74, 6) is -0.854. The summed E-state index contributed by atoms with van der Waals surface area (Å²) in [6.45, 7) is 3.89. The summed E-state index contributed by atoms with van der Waals surface area (Å²) in [4.78, 5) is 11.0. The van der Waals surface area contributed by atoms with Crippen molar-refractivity contribution in [2.45, 2.75) is 45.1 Å². The lowest BCUT2D eigenvalue weighted by Gasteiger charge is -2.44. The van der Waals surface area contributed by atoms with Crippen LogP contribution in [0.4, 0.5) is 0 Å². The summed E-state index contributed by atoms with van der Waals surface area (Å²) in [5.41, 5.74) is 4.60. The predicted octanol–water partition coefficient (Wildman–Crippen LogP) is 1.37. The highest BCUT2D eigenvalue weighted by Gasteiger charge is 2.49. The SMILES string of the molecule is CC1(C)CCCCC1(N)C(=O)O. The van der Waals surface area contributed by atoms with Crippen LogP contribution in [0.2, 0.25) is 0 Å². The second-order valence-corrected chi connectivity index (χ2v) is 4.37. The summed E-state index contributed by atoms with van der Waals surface area (Å²) < 4.78 is 0. The van der Waals surface area contributed by atoms with Crippen LogP contribution in [0, 0.1) is 5.41 Å². The molecule has 3 heteroatoms. The molecular weight excluding hydrogens is 154 g/mol. The molecule has 0 heterocycles. The van der Waals surface area contributed by atoms with Gasteiger partial charge in [0.25, 0.3) is 0 Å². The Kier molecular flexibility index (Phi) is 2.17. The van der Waals surface area contributed by atoms with Gasteiger partial charge in [0, 0.05) is 0 Å². The number of aliphatic carboxylic acids is 1. The standard InChI is InChI=1S/C9H17NO2/c1-8(2)5-3-4-6-9(8,10)7(11)12/h3-6,10H2,1-2H3,(H,11,12). The van der Waals surface area contributed by atoms with E-state index in [0.29, 0.717) is 6.42 Å². The van der Waals surface area contributed by atoms with Crippen LogP contribution in [0.3, 0.4) is 0 Å². The van der Waals surface area contributed by atoms with E-state index in [4.69, 9.17) is 10.8 Å². The zero-order chi connectivity index (χ0) is 9.41. The summed E-state index contributed by atoms with van der Waals surface area (Å²) >= 11 is 0. The molecule has 3 N–H and O–H groups in total. The van der Waals surface area contributed by atoms with Gasteiger partial charge in [-0.05, 0) is 18.3 Å². The van der Waals surface area contributed by atoms with Crippen molar-refractivity contribution < 1.29 is 9.90 Å². The number of carboxylic acid groups (broad SMARTS) is 1. The van der Waals surface area contributed by atoms with E-state index in [-0.39, 0.29) is 5.41 Å². The van der Waals surface area contributed by atoms with E-state index in [2.05, 4.69) is 0 Å². The van der Waals surface area contributed by atoms with Gasteiger partial charge in [0.2, 0.25) is 0 Å². The Morgan fingerprint density at radius 2 is 1.83 bits per heavy atom. The molecule has 1 fully saturated rings. The molecular formula is C9H17NO2. The van der Waals surface area contributed by atoms with Gasteiger partial charge in [-0.15, -0.1) is 0 Å². The minimum Gasteiger partial charge on any atom is -0.480 e. The molecule has 0 aliphatic heterocycles. The molecule has 0 radical (unpaired) electrons. The van der Waals surface area contributed by atoms with Crippen molar-refractivity contribution in [2.75, 3.05) is 0 Å². The molecule has 3 nitrogen and oxygen atoms in total. The Hall–Kier alpha value is -0.570. The van der Waals surface area contributed by atoms with Gasteiger partial charge in [0.1, 0.15) is 5.54 Å². The molecule has 12 heavy (non-hydrogen) atoms. The molecule has 1 aliphatic carbocycles. The molecule has 1 atom stereocenters. The molecule has 1 aliphatic rings. The third-order valence-corrected chi connectivity index (χ3v) is 3.21.